The summed E-state index contributed by atoms with van der Waals surface area (Å²) in [5.74, 6) is -0.728. The van der Waals surface area contributed by atoms with E-state index in [1.807, 2.05) is 11.0 Å². The van der Waals surface area contributed by atoms with E-state index in [4.69, 9.17) is 10.5 Å². The molecule has 3 N–H and O–H groups in total. The number of hydrogen-bond donors (Lipinski definition) is 2. The number of nitrogens with two attached hydrogens (primary N) is 1. The van der Waals surface area contributed by atoms with E-state index in [0.29, 0.717) is 42.9 Å². The third-order valence-electron chi connectivity index (χ3n) is 5.65. The zero-order chi connectivity index (χ0) is 23.8. The monoisotopic (exact) mass is 456 g/mol. The highest BCUT2D eigenvalue weighted by Gasteiger charge is 2.26. The normalized spacial score (nSPS) is 14.5. The number of rotatable bonds is 9. The molecule has 0 unspecified atom stereocenters. The molecule has 8 nitrogen and oxygen atoms in total. The standard InChI is InChI=1S/C24H29FN4O4/c1-33-21-5-3-2-4-20(21)29(15-12-22(26)30)23(31)16-28-13-10-19(11-14-28)27-24(32)17-6-8-18(25)9-7-17/h2-9,19H,10-16H2,1H3,(H2,26,30)(H,27,32). The number of piperidine rings is 1. The average Bonchev–Trinajstić information content (AvgIpc) is 2.81. The highest BCUT2D eigenvalue weighted by atomic mass is 19.1. The Morgan fingerprint density at radius 2 is 1.79 bits per heavy atom. The van der Waals surface area contributed by atoms with Gasteiger partial charge < -0.3 is 20.7 Å². The zero-order valence-corrected chi connectivity index (χ0v) is 18.6. The molecule has 3 amide bonds. The second kappa shape index (κ2) is 11.4. The van der Waals surface area contributed by atoms with Gasteiger partial charge in [-0.3, -0.25) is 19.3 Å². The molecule has 1 fully saturated rings. The molecule has 0 spiro atoms. The molecular weight excluding hydrogens is 427 g/mol. The van der Waals surface area contributed by atoms with Crippen LogP contribution in [0.5, 0.6) is 5.75 Å². The van der Waals surface area contributed by atoms with Crippen LogP contribution in [0.15, 0.2) is 48.5 Å². The number of ether oxygens (including phenoxy) is 1. The first-order valence-electron chi connectivity index (χ1n) is 10.9. The van der Waals surface area contributed by atoms with Gasteiger partial charge in [-0.05, 0) is 49.2 Å². The molecule has 0 radical (unpaired) electrons. The molecule has 0 aliphatic carbocycles. The van der Waals surface area contributed by atoms with Crippen LogP contribution in [0.1, 0.15) is 29.6 Å². The summed E-state index contributed by atoms with van der Waals surface area (Å²) in [5.41, 5.74) is 6.31. The van der Waals surface area contributed by atoms with E-state index in [-0.39, 0.29) is 43.2 Å². The molecule has 1 heterocycles. The third-order valence-corrected chi connectivity index (χ3v) is 5.65. The van der Waals surface area contributed by atoms with E-state index in [0.717, 1.165) is 0 Å². The number of nitrogens with one attached hydrogen (secondary N) is 1. The summed E-state index contributed by atoms with van der Waals surface area (Å²) in [4.78, 5) is 40.4. The number of para-hydroxylation sites is 2. The van der Waals surface area contributed by atoms with Crippen LogP contribution in [0.2, 0.25) is 0 Å². The summed E-state index contributed by atoms with van der Waals surface area (Å²) >= 11 is 0. The fourth-order valence-corrected chi connectivity index (χ4v) is 3.84. The van der Waals surface area contributed by atoms with Crippen LogP contribution in [0.4, 0.5) is 10.1 Å². The van der Waals surface area contributed by atoms with Crippen LogP contribution in [0.3, 0.4) is 0 Å². The van der Waals surface area contributed by atoms with Gasteiger partial charge in [0.15, 0.2) is 0 Å². The molecule has 0 bridgehead atoms. The summed E-state index contributed by atoms with van der Waals surface area (Å²) in [5, 5.41) is 2.97. The Balaban J connectivity index is 1.57. The maximum absolute atomic E-state index is 13.1. The van der Waals surface area contributed by atoms with Gasteiger partial charge >= 0.3 is 0 Å². The minimum atomic E-state index is -0.486. The molecule has 0 atom stereocenters. The van der Waals surface area contributed by atoms with Crippen LogP contribution in [0, 0.1) is 5.82 Å². The topological polar surface area (TPSA) is 105 Å². The molecule has 2 aromatic rings. The van der Waals surface area contributed by atoms with E-state index < -0.39 is 5.91 Å². The molecule has 3 rings (SSSR count). The fourth-order valence-electron chi connectivity index (χ4n) is 3.84. The summed E-state index contributed by atoms with van der Waals surface area (Å²) in [6.45, 7) is 1.61. The molecule has 0 saturated carbocycles. The number of anilines is 1. The summed E-state index contributed by atoms with van der Waals surface area (Å²) < 4.78 is 18.4. The first-order chi connectivity index (χ1) is 15.9. The lowest BCUT2D eigenvalue weighted by atomic mass is 10.0. The number of halogens is 1. The Bertz CT molecular complexity index is 975. The maximum atomic E-state index is 13.1. The van der Waals surface area contributed by atoms with Crippen molar-refractivity contribution in [2.45, 2.75) is 25.3 Å². The van der Waals surface area contributed by atoms with Crippen molar-refractivity contribution in [1.29, 1.82) is 0 Å². The van der Waals surface area contributed by atoms with Gasteiger partial charge in [0.2, 0.25) is 11.8 Å². The molecule has 0 aromatic heterocycles. The van der Waals surface area contributed by atoms with Crippen LogP contribution in [-0.2, 0) is 9.59 Å². The van der Waals surface area contributed by atoms with Crippen LogP contribution < -0.4 is 20.7 Å². The molecular formula is C24H29FN4O4. The molecule has 1 aliphatic heterocycles. The highest BCUT2D eigenvalue weighted by molar-refractivity contribution is 5.97. The number of methoxy groups -OCH3 is 1. The smallest absolute Gasteiger partial charge is 0.251 e. The van der Waals surface area contributed by atoms with Crippen molar-refractivity contribution in [3.05, 3.63) is 59.9 Å². The second-order valence-corrected chi connectivity index (χ2v) is 7.96. The fraction of sp³-hybridized carbons (Fsp3) is 0.375. The van der Waals surface area contributed by atoms with Crippen molar-refractivity contribution in [3.63, 3.8) is 0 Å². The number of amides is 3. The van der Waals surface area contributed by atoms with Crippen LogP contribution in [-0.4, -0.2) is 62.0 Å². The van der Waals surface area contributed by atoms with Crippen molar-refractivity contribution in [3.8, 4) is 5.75 Å². The van der Waals surface area contributed by atoms with Crippen molar-refractivity contribution < 1.29 is 23.5 Å². The molecule has 33 heavy (non-hydrogen) atoms. The molecule has 1 saturated heterocycles. The Hall–Kier alpha value is -3.46. The van der Waals surface area contributed by atoms with E-state index in [1.54, 1.807) is 18.2 Å². The molecule has 9 heteroatoms. The van der Waals surface area contributed by atoms with Gasteiger partial charge in [0.25, 0.3) is 5.91 Å². The van der Waals surface area contributed by atoms with Gasteiger partial charge in [-0.1, -0.05) is 12.1 Å². The van der Waals surface area contributed by atoms with Gasteiger partial charge in [-0.2, -0.15) is 0 Å². The predicted molar refractivity (Wildman–Crippen MR) is 122 cm³/mol. The number of benzene rings is 2. The molecule has 1 aliphatic rings. The largest absolute Gasteiger partial charge is 0.495 e. The number of primary amides is 1. The number of carbonyl (C=O) groups is 3. The molecule has 176 valence electrons. The summed E-state index contributed by atoms with van der Waals surface area (Å²) in [7, 11) is 1.53. The first-order valence-corrected chi connectivity index (χ1v) is 10.9. The van der Waals surface area contributed by atoms with Crippen LogP contribution >= 0.6 is 0 Å². The van der Waals surface area contributed by atoms with Gasteiger partial charge in [0, 0.05) is 37.7 Å². The van der Waals surface area contributed by atoms with E-state index in [2.05, 4.69) is 5.32 Å². The Labute approximate surface area is 192 Å². The minimum Gasteiger partial charge on any atom is -0.495 e. The van der Waals surface area contributed by atoms with E-state index in [9.17, 15) is 18.8 Å². The maximum Gasteiger partial charge on any atom is 0.251 e. The Kier molecular flexibility index (Phi) is 8.37. The van der Waals surface area contributed by atoms with Gasteiger partial charge in [0.05, 0.1) is 19.3 Å². The third kappa shape index (κ3) is 6.76. The number of carbonyl (C=O) groups excluding carboxylic acids is 3. The lowest BCUT2D eigenvalue weighted by molar-refractivity contribution is -0.120. The van der Waals surface area contributed by atoms with Crippen molar-refractivity contribution in [1.82, 2.24) is 10.2 Å². The number of hydrogen-bond acceptors (Lipinski definition) is 5. The number of likely N-dealkylation sites (tertiary alicyclic amines) is 1. The van der Waals surface area contributed by atoms with Crippen LogP contribution in [0.25, 0.3) is 0 Å². The van der Waals surface area contributed by atoms with E-state index >= 15 is 0 Å². The average molecular weight is 457 g/mol. The van der Waals surface area contributed by atoms with Gasteiger partial charge in [0.1, 0.15) is 11.6 Å². The Morgan fingerprint density at radius 3 is 2.42 bits per heavy atom. The predicted octanol–water partition coefficient (Wildman–Crippen LogP) is 1.94. The zero-order valence-electron chi connectivity index (χ0n) is 18.6. The quantitative estimate of drug-likeness (QED) is 0.600. The van der Waals surface area contributed by atoms with Gasteiger partial charge in [-0.15, -0.1) is 0 Å². The lowest BCUT2D eigenvalue weighted by Gasteiger charge is -2.33. The molecule has 2 aromatic carbocycles. The highest BCUT2D eigenvalue weighted by Crippen LogP contribution is 2.28. The first kappa shape index (κ1) is 24.2. The van der Waals surface area contributed by atoms with Crippen molar-refractivity contribution in [2.75, 3.05) is 38.2 Å². The Morgan fingerprint density at radius 1 is 1.12 bits per heavy atom. The van der Waals surface area contributed by atoms with Crippen molar-refractivity contribution in [2.24, 2.45) is 5.73 Å². The number of nitrogens with zero attached hydrogens (tertiary/aromatic N) is 2. The lowest BCUT2D eigenvalue weighted by Crippen LogP contribution is -2.48. The van der Waals surface area contributed by atoms with E-state index in [1.165, 1.54) is 36.3 Å². The summed E-state index contributed by atoms with van der Waals surface area (Å²) in [6.07, 6.45) is 1.42. The second-order valence-electron chi connectivity index (χ2n) is 7.96. The van der Waals surface area contributed by atoms with Gasteiger partial charge in [-0.25, -0.2) is 4.39 Å². The van der Waals surface area contributed by atoms with Crippen molar-refractivity contribution >= 4 is 23.4 Å². The summed E-state index contributed by atoms with van der Waals surface area (Å²) in [6, 6.07) is 12.6. The SMILES string of the molecule is COc1ccccc1N(CCC(N)=O)C(=O)CN1CCC(NC(=O)c2ccc(F)cc2)CC1. The minimum absolute atomic E-state index is 0.0194.